The fourth-order valence-corrected chi connectivity index (χ4v) is 0.941. The summed E-state index contributed by atoms with van der Waals surface area (Å²) in [5.74, 6) is 0. The molecule has 0 unspecified atom stereocenters. The van der Waals surface area contributed by atoms with Crippen molar-refractivity contribution < 1.29 is 10.0 Å². The molecule has 1 aromatic rings. The van der Waals surface area contributed by atoms with Gasteiger partial charge in [-0.05, 0) is 5.56 Å². The second-order valence-corrected chi connectivity index (χ2v) is 2.30. The molecule has 59 valence electrons. The van der Waals surface area contributed by atoms with Gasteiger partial charge in [-0.2, -0.15) is 0 Å². The van der Waals surface area contributed by atoms with Crippen molar-refractivity contribution in [2.45, 2.75) is 5.33 Å². The topological polar surface area (TPSA) is 40.5 Å². The highest BCUT2D eigenvalue weighted by Gasteiger charge is 1.81. The Morgan fingerprint density at radius 3 is 1.91 bits per heavy atom. The van der Waals surface area contributed by atoms with Crippen molar-refractivity contribution in [3.05, 3.63) is 35.9 Å². The van der Waals surface area contributed by atoms with Crippen molar-refractivity contribution in [2.75, 3.05) is 0 Å². The lowest BCUT2D eigenvalue weighted by molar-refractivity contribution is 0.448. The summed E-state index contributed by atoms with van der Waals surface area (Å²) < 4.78 is 0. The average Bonchev–Trinajstić information content (AvgIpc) is 2.08. The molecule has 2 N–H and O–H groups in total. The molecule has 1 aromatic carbocycles. The summed E-state index contributed by atoms with van der Waals surface area (Å²) in [6, 6.07) is 10.3. The zero-order valence-corrected chi connectivity index (χ0v) is 7.53. The van der Waals surface area contributed by atoms with Crippen LogP contribution >= 0.6 is 15.9 Å². The third-order valence-corrected chi connectivity index (χ3v) is 1.64. The summed E-state index contributed by atoms with van der Waals surface area (Å²) in [7, 11) is 0. The van der Waals surface area contributed by atoms with E-state index in [4.69, 9.17) is 10.0 Å². The van der Waals surface area contributed by atoms with Gasteiger partial charge in [-0.15, -0.1) is 0 Å². The quantitative estimate of drug-likeness (QED) is 0.544. The van der Waals surface area contributed by atoms with Crippen LogP contribution in [-0.2, 0) is 5.33 Å². The number of halogens is 1. The van der Waals surface area contributed by atoms with Crippen LogP contribution in [0.25, 0.3) is 0 Å². The Kier molecular flexibility index (Phi) is 7.57. The highest BCUT2D eigenvalue weighted by molar-refractivity contribution is 9.08. The Bertz CT molecular complexity index is 169. The molecule has 0 saturated carbocycles. The molecule has 0 aliphatic rings. The maximum Gasteiger partial charge on any atom is 0.482 e. The Morgan fingerprint density at radius 2 is 1.64 bits per heavy atom. The zero-order valence-electron chi connectivity index (χ0n) is 5.94. The van der Waals surface area contributed by atoms with Crippen LogP contribution in [0.5, 0.6) is 0 Å². The lowest BCUT2D eigenvalue weighted by atomic mass is 10.2. The predicted octanol–water partition coefficient (Wildman–Crippen LogP) is 1.09. The van der Waals surface area contributed by atoms with Gasteiger partial charge < -0.3 is 10.0 Å². The molecule has 0 aliphatic carbocycles. The third kappa shape index (κ3) is 6.10. The Morgan fingerprint density at radius 1 is 1.18 bits per heavy atom. The largest absolute Gasteiger partial charge is 0.482 e. The second-order valence-electron chi connectivity index (χ2n) is 1.73. The first-order chi connectivity index (χ1) is 5.35. The molecule has 0 amide bonds. The fourth-order valence-electron chi connectivity index (χ4n) is 0.567. The van der Waals surface area contributed by atoms with Gasteiger partial charge in [0.05, 0.1) is 0 Å². The molecule has 1 rings (SSSR count). The molecule has 11 heavy (non-hydrogen) atoms. The van der Waals surface area contributed by atoms with Crippen molar-refractivity contribution in [2.24, 2.45) is 0 Å². The minimum Gasteiger partial charge on any atom is -0.429 e. The molecule has 4 heteroatoms. The summed E-state index contributed by atoms with van der Waals surface area (Å²) in [5, 5.41) is 15.0. The molecule has 1 radical (unpaired) electrons. The molecule has 0 atom stereocenters. The van der Waals surface area contributed by atoms with E-state index in [1.54, 1.807) is 0 Å². The molecular formula is C7H9BBrO2. The van der Waals surface area contributed by atoms with E-state index in [0.29, 0.717) is 0 Å². The minimum absolute atomic E-state index is 0. The molecule has 0 fully saturated rings. The SMILES string of the molecule is BrCc1ccccc1.O[B]O. The maximum absolute atomic E-state index is 7.00. The van der Waals surface area contributed by atoms with Gasteiger partial charge in [-0.3, -0.25) is 0 Å². The fraction of sp³-hybridized carbons (Fsp3) is 0.143. The van der Waals surface area contributed by atoms with Crippen LogP contribution in [0, 0.1) is 0 Å². The van der Waals surface area contributed by atoms with E-state index in [0.717, 1.165) is 5.33 Å². The molecule has 2 nitrogen and oxygen atoms in total. The van der Waals surface area contributed by atoms with Crippen molar-refractivity contribution >= 4 is 23.6 Å². The Hall–Kier alpha value is -0.315. The number of rotatable bonds is 1. The monoisotopic (exact) mass is 215 g/mol. The van der Waals surface area contributed by atoms with Gasteiger partial charge in [0.25, 0.3) is 0 Å². The van der Waals surface area contributed by atoms with Crippen LogP contribution in [0.1, 0.15) is 5.56 Å². The summed E-state index contributed by atoms with van der Waals surface area (Å²) in [4.78, 5) is 0. The van der Waals surface area contributed by atoms with Crippen LogP contribution in [0.15, 0.2) is 30.3 Å². The van der Waals surface area contributed by atoms with Crippen LogP contribution in [0.2, 0.25) is 0 Å². The number of alkyl halides is 1. The first-order valence-electron chi connectivity index (χ1n) is 3.05. The number of benzene rings is 1. The first-order valence-corrected chi connectivity index (χ1v) is 4.17. The third-order valence-electron chi connectivity index (χ3n) is 0.997. The molecule has 0 spiro atoms. The second kappa shape index (κ2) is 7.79. The zero-order chi connectivity index (χ0) is 8.53. The number of hydrogen-bond acceptors (Lipinski definition) is 2. The molecule has 0 aromatic heterocycles. The van der Waals surface area contributed by atoms with Crippen LogP contribution in [0.4, 0.5) is 0 Å². The van der Waals surface area contributed by atoms with Crippen molar-refractivity contribution in [1.29, 1.82) is 0 Å². The molecule has 0 heterocycles. The van der Waals surface area contributed by atoms with Crippen LogP contribution < -0.4 is 0 Å². The van der Waals surface area contributed by atoms with E-state index in [-0.39, 0.29) is 7.69 Å². The summed E-state index contributed by atoms with van der Waals surface area (Å²) in [6.45, 7) is 0. The molecule has 0 bridgehead atoms. The van der Waals surface area contributed by atoms with Crippen molar-refractivity contribution in [3.63, 3.8) is 0 Å². The van der Waals surface area contributed by atoms with Gasteiger partial charge in [0, 0.05) is 5.33 Å². The highest BCUT2D eigenvalue weighted by Crippen LogP contribution is 2.02. The minimum atomic E-state index is 0. The van der Waals surface area contributed by atoms with Gasteiger partial charge >= 0.3 is 7.69 Å². The van der Waals surface area contributed by atoms with E-state index in [1.165, 1.54) is 5.56 Å². The van der Waals surface area contributed by atoms with Gasteiger partial charge in [-0.25, -0.2) is 0 Å². The van der Waals surface area contributed by atoms with Gasteiger partial charge in [0.2, 0.25) is 0 Å². The lowest BCUT2D eigenvalue weighted by Gasteiger charge is -1.88. The smallest absolute Gasteiger partial charge is 0.429 e. The van der Waals surface area contributed by atoms with E-state index in [1.807, 2.05) is 18.2 Å². The van der Waals surface area contributed by atoms with Crippen LogP contribution in [0.3, 0.4) is 0 Å². The van der Waals surface area contributed by atoms with E-state index >= 15 is 0 Å². The molecule has 0 aliphatic heterocycles. The summed E-state index contributed by atoms with van der Waals surface area (Å²) in [6.07, 6.45) is 0. The highest BCUT2D eigenvalue weighted by atomic mass is 79.9. The first kappa shape index (κ1) is 10.7. The lowest BCUT2D eigenvalue weighted by Crippen LogP contribution is -1.75. The van der Waals surface area contributed by atoms with Crippen molar-refractivity contribution in [1.82, 2.24) is 0 Å². The predicted molar refractivity (Wildman–Crippen MR) is 49.3 cm³/mol. The van der Waals surface area contributed by atoms with E-state index in [2.05, 4.69) is 28.1 Å². The maximum atomic E-state index is 7.00. The van der Waals surface area contributed by atoms with Crippen LogP contribution in [-0.4, -0.2) is 17.7 Å². The van der Waals surface area contributed by atoms with E-state index < -0.39 is 0 Å². The van der Waals surface area contributed by atoms with E-state index in [9.17, 15) is 0 Å². The Balaban J connectivity index is 0.000000292. The normalized spacial score (nSPS) is 7.91. The summed E-state index contributed by atoms with van der Waals surface area (Å²) in [5.41, 5.74) is 1.33. The molecule has 0 saturated heterocycles. The molecular weight excluding hydrogens is 207 g/mol. The number of hydrogen-bond donors (Lipinski definition) is 2. The van der Waals surface area contributed by atoms with Gasteiger partial charge in [-0.1, -0.05) is 46.3 Å². The van der Waals surface area contributed by atoms with Gasteiger partial charge in [0.15, 0.2) is 0 Å². The van der Waals surface area contributed by atoms with Gasteiger partial charge in [0.1, 0.15) is 0 Å². The Labute approximate surface area is 75.3 Å². The summed E-state index contributed by atoms with van der Waals surface area (Å²) >= 11 is 3.36. The average molecular weight is 216 g/mol. The standard InChI is InChI=1S/C7H7Br.BH2O2/c8-6-7-4-2-1-3-5-7;2-1-3/h1-5H,6H2;2-3H. The van der Waals surface area contributed by atoms with Crippen molar-refractivity contribution in [3.8, 4) is 0 Å².